The maximum absolute atomic E-state index is 9.85. The molecule has 0 bridgehead atoms. The van der Waals surface area contributed by atoms with E-state index in [4.69, 9.17) is 14.2 Å². The van der Waals surface area contributed by atoms with Gasteiger partial charge in [-0.1, -0.05) is 24.3 Å². The largest absolute Gasteiger partial charge is 0.489 e. The van der Waals surface area contributed by atoms with E-state index in [0.29, 0.717) is 24.5 Å². The predicted molar refractivity (Wildman–Crippen MR) is 142 cm³/mol. The smallest absolute Gasteiger partial charge is 0.138 e. The molecule has 1 N–H and O–H groups in total. The molecule has 2 aliphatic rings. The summed E-state index contributed by atoms with van der Waals surface area (Å²) in [6.45, 7) is 5.84. The first-order valence-electron chi connectivity index (χ1n) is 12.9. The summed E-state index contributed by atoms with van der Waals surface area (Å²) in [4.78, 5) is 10.5. The molecule has 0 aliphatic carbocycles. The van der Waals surface area contributed by atoms with Crippen molar-refractivity contribution >= 4 is 11.0 Å². The van der Waals surface area contributed by atoms with Crippen molar-refractivity contribution in [1.82, 2.24) is 14.9 Å². The van der Waals surface area contributed by atoms with Crippen LogP contribution in [0.4, 0.5) is 0 Å². The van der Waals surface area contributed by atoms with Gasteiger partial charge in [0.15, 0.2) is 0 Å². The molecule has 2 aromatic heterocycles. The van der Waals surface area contributed by atoms with Gasteiger partial charge < -0.3 is 19.2 Å². The molecule has 188 valence electrons. The van der Waals surface area contributed by atoms with Crippen LogP contribution in [0.2, 0.25) is 0 Å². The molecule has 4 heterocycles. The molecule has 37 heavy (non-hydrogen) atoms. The number of ether oxygens (including phenoxy) is 3. The Kier molecular flexibility index (Phi) is 6.87. The number of hydrogen-bond donors (Lipinski definition) is 1. The van der Waals surface area contributed by atoms with Crippen molar-refractivity contribution in [3.05, 3.63) is 71.9 Å². The molecule has 7 nitrogen and oxygen atoms in total. The van der Waals surface area contributed by atoms with Crippen LogP contribution in [0.25, 0.3) is 33.4 Å². The Morgan fingerprint density at radius 2 is 1.81 bits per heavy atom. The number of morpholine rings is 1. The molecule has 2 fully saturated rings. The van der Waals surface area contributed by atoms with Crippen molar-refractivity contribution in [2.45, 2.75) is 25.5 Å². The van der Waals surface area contributed by atoms with Gasteiger partial charge in [0.1, 0.15) is 23.6 Å². The number of nitrogens with one attached hydrogen (secondary N) is 1. The lowest BCUT2D eigenvalue weighted by Gasteiger charge is -2.26. The van der Waals surface area contributed by atoms with Crippen LogP contribution in [0.1, 0.15) is 24.0 Å². The third-order valence-corrected chi connectivity index (χ3v) is 7.15. The molecule has 7 heteroatoms. The van der Waals surface area contributed by atoms with Gasteiger partial charge in [0.25, 0.3) is 0 Å². The van der Waals surface area contributed by atoms with E-state index in [1.807, 2.05) is 30.5 Å². The van der Waals surface area contributed by atoms with Crippen molar-refractivity contribution in [2.75, 3.05) is 39.5 Å². The normalized spacial score (nSPS) is 17.1. The lowest BCUT2D eigenvalue weighted by atomic mass is 10.0. The highest BCUT2D eigenvalue weighted by Crippen LogP contribution is 2.34. The van der Waals surface area contributed by atoms with Crippen LogP contribution in [0.3, 0.4) is 0 Å². The summed E-state index contributed by atoms with van der Waals surface area (Å²) >= 11 is 0. The fourth-order valence-corrected chi connectivity index (χ4v) is 5.15. The Labute approximate surface area is 216 Å². The minimum atomic E-state index is 0.0885. The first kappa shape index (κ1) is 23.7. The number of fused-ring (bicyclic) bond motifs is 1. The third-order valence-electron chi connectivity index (χ3n) is 7.15. The zero-order chi connectivity index (χ0) is 25.0. The van der Waals surface area contributed by atoms with Crippen molar-refractivity contribution in [3.8, 4) is 34.2 Å². The van der Waals surface area contributed by atoms with Gasteiger partial charge in [-0.2, -0.15) is 5.26 Å². The van der Waals surface area contributed by atoms with Gasteiger partial charge in [-0.15, -0.1) is 0 Å². The Morgan fingerprint density at radius 3 is 2.65 bits per heavy atom. The Hall–Kier alpha value is -3.70. The molecule has 0 atom stereocenters. The first-order valence-corrected chi connectivity index (χ1v) is 12.9. The van der Waals surface area contributed by atoms with E-state index in [2.05, 4.69) is 51.3 Å². The van der Waals surface area contributed by atoms with Crippen LogP contribution in [0.15, 0.2) is 60.8 Å². The van der Waals surface area contributed by atoms with Crippen molar-refractivity contribution < 1.29 is 14.2 Å². The van der Waals surface area contributed by atoms with E-state index < -0.39 is 0 Å². The number of benzene rings is 2. The second kappa shape index (κ2) is 10.7. The minimum Gasteiger partial charge on any atom is -0.489 e. The summed E-state index contributed by atoms with van der Waals surface area (Å²) in [6, 6.07) is 21.0. The van der Waals surface area contributed by atoms with E-state index in [1.54, 1.807) is 0 Å². The summed E-state index contributed by atoms with van der Waals surface area (Å²) in [7, 11) is 0. The summed E-state index contributed by atoms with van der Waals surface area (Å²) in [5.74, 6) is 0.635. The zero-order valence-electron chi connectivity index (χ0n) is 20.8. The molecule has 4 aromatic rings. The Bertz CT molecular complexity index is 1430. The van der Waals surface area contributed by atoms with Gasteiger partial charge in [-0.3, -0.25) is 4.90 Å². The van der Waals surface area contributed by atoms with Crippen LogP contribution >= 0.6 is 0 Å². The Morgan fingerprint density at radius 1 is 0.973 bits per heavy atom. The van der Waals surface area contributed by atoms with Crippen LogP contribution in [0.5, 0.6) is 5.75 Å². The van der Waals surface area contributed by atoms with Crippen LogP contribution < -0.4 is 4.74 Å². The molecule has 2 aliphatic heterocycles. The van der Waals surface area contributed by atoms with Crippen LogP contribution in [-0.2, 0) is 16.0 Å². The number of aromatic nitrogens is 2. The zero-order valence-corrected chi connectivity index (χ0v) is 20.8. The fraction of sp³-hybridized carbons (Fsp3) is 0.333. The van der Waals surface area contributed by atoms with Gasteiger partial charge in [0, 0.05) is 49.8 Å². The number of pyridine rings is 1. The molecule has 2 saturated heterocycles. The molecule has 6 rings (SSSR count). The summed E-state index contributed by atoms with van der Waals surface area (Å²) in [5.41, 5.74) is 6.81. The highest BCUT2D eigenvalue weighted by molar-refractivity contribution is 5.96. The molecule has 2 aromatic carbocycles. The lowest BCUT2D eigenvalue weighted by Crippen LogP contribution is -2.35. The minimum absolute atomic E-state index is 0.0885. The molecule has 0 saturated carbocycles. The number of nitriles is 1. The van der Waals surface area contributed by atoms with Gasteiger partial charge in [0.05, 0.1) is 32.0 Å². The van der Waals surface area contributed by atoms with E-state index in [1.165, 1.54) is 5.56 Å². The predicted octanol–water partition coefficient (Wildman–Crippen LogP) is 5.16. The first-order chi connectivity index (χ1) is 18.3. The standard InChI is InChI=1S/C30H30N4O3/c31-19-24-17-22(4-5-29(24)37-25-7-12-35-13-8-25)26-6-9-32-30-27(26)18-28(33-30)23-3-1-2-21(16-23)20-34-10-14-36-15-11-34/h1-6,9,16-18,25H,7-8,10-15,20H2,(H,32,33). The highest BCUT2D eigenvalue weighted by atomic mass is 16.5. The number of H-pyrrole nitrogens is 1. The molecule has 0 amide bonds. The lowest BCUT2D eigenvalue weighted by molar-refractivity contribution is 0.0254. The van der Waals surface area contributed by atoms with Crippen LogP contribution in [0, 0.1) is 11.3 Å². The molecular weight excluding hydrogens is 464 g/mol. The molecule has 0 unspecified atom stereocenters. The van der Waals surface area contributed by atoms with Crippen molar-refractivity contribution in [2.24, 2.45) is 0 Å². The fourth-order valence-electron chi connectivity index (χ4n) is 5.15. The number of rotatable bonds is 6. The summed E-state index contributed by atoms with van der Waals surface area (Å²) in [5, 5.41) is 10.9. The Balaban J connectivity index is 1.29. The molecule has 0 spiro atoms. The second-order valence-electron chi connectivity index (χ2n) is 9.65. The maximum Gasteiger partial charge on any atom is 0.138 e. The van der Waals surface area contributed by atoms with Crippen LogP contribution in [-0.4, -0.2) is 60.5 Å². The van der Waals surface area contributed by atoms with Crippen molar-refractivity contribution in [3.63, 3.8) is 0 Å². The SMILES string of the molecule is N#Cc1cc(-c2ccnc3[nH]c(-c4cccc(CN5CCOCC5)c4)cc23)ccc1OC1CCOCC1. The quantitative estimate of drug-likeness (QED) is 0.399. The summed E-state index contributed by atoms with van der Waals surface area (Å²) in [6.07, 6.45) is 3.59. The topological polar surface area (TPSA) is 83.4 Å². The van der Waals surface area contributed by atoms with Gasteiger partial charge >= 0.3 is 0 Å². The van der Waals surface area contributed by atoms with E-state index in [0.717, 1.165) is 79.1 Å². The average molecular weight is 495 g/mol. The molecular formula is C30H30N4O3. The van der Waals surface area contributed by atoms with E-state index in [-0.39, 0.29) is 6.10 Å². The monoisotopic (exact) mass is 494 g/mol. The number of nitrogens with zero attached hydrogens (tertiary/aromatic N) is 3. The van der Waals surface area contributed by atoms with Gasteiger partial charge in [-0.05, 0) is 52.6 Å². The maximum atomic E-state index is 9.85. The van der Waals surface area contributed by atoms with Gasteiger partial charge in [0.2, 0.25) is 0 Å². The van der Waals surface area contributed by atoms with E-state index >= 15 is 0 Å². The van der Waals surface area contributed by atoms with E-state index in [9.17, 15) is 5.26 Å². The average Bonchev–Trinajstić information content (AvgIpc) is 3.39. The van der Waals surface area contributed by atoms with Gasteiger partial charge in [-0.25, -0.2) is 4.98 Å². The van der Waals surface area contributed by atoms with Crippen molar-refractivity contribution in [1.29, 1.82) is 5.26 Å². The number of hydrogen-bond acceptors (Lipinski definition) is 6. The third kappa shape index (κ3) is 5.23. The summed E-state index contributed by atoms with van der Waals surface area (Å²) < 4.78 is 17.1. The highest BCUT2D eigenvalue weighted by Gasteiger charge is 2.18. The number of aromatic amines is 1. The second-order valence-corrected chi connectivity index (χ2v) is 9.65. The molecule has 0 radical (unpaired) electrons.